The number of para-hydroxylation sites is 3. The lowest BCUT2D eigenvalue weighted by molar-refractivity contribution is 1.19. The fraction of sp³-hybridized carbons (Fsp3) is 0. The maximum absolute atomic E-state index is 2.44. The third kappa shape index (κ3) is 5.19. The Kier molecular flexibility index (Phi) is 7.53. The number of nitrogens with zero attached hydrogens (tertiary/aromatic N) is 2. The van der Waals surface area contributed by atoms with Crippen LogP contribution < -0.4 is 4.90 Å². The van der Waals surface area contributed by atoms with Gasteiger partial charge in [-0.2, -0.15) is 0 Å². The van der Waals surface area contributed by atoms with Crippen molar-refractivity contribution >= 4 is 71.2 Å². The molecule has 2 heteroatoms. The molecule has 0 N–H and O–H groups in total. The summed E-state index contributed by atoms with van der Waals surface area (Å²) in [5.41, 5.74) is 11.7. The van der Waals surface area contributed by atoms with Gasteiger partial charge in [-0.1, -0.05) is 152 Å². The zero-order valence-electron chi connectivity index (χ0n) is 30.7. The molecule has 0 bridgehead atoms. The van der Waals surface area contributed by atoms with Crippen molar-refractivity contribution in [1.29, 1.82) is 0 Å². The van der Waals surface area contributed by atoms with Gasteiger partial charge in [-0.3, -0.25) is 0 Å². The summed E-state index contributed by atoms with van der Waals surface area (Å²) in [5.74, 6) is 0. The molecule has 0 aliphatic rings. The Bertz CT molecular complexity index is 3230. The molecule has 0 aliphatic carbocycles. The van der Waals surface area contributed by atoms with Crippen molar-refractivity contribution in [3.63, 3.8) is 0 Å². The van der Waals surface area contributed by atoms with Gasteiger partial charge in [-0.15, -0.1) is 0 Å². The van der Waals surface area contributed by atoms with Crippen LogP contribution in [0.25, 0.3) is 82.1 Å². The minimum atomic E-state index is 1.10. The molecule has 262 valence electrons. The van der Waals surface area contributed by atoms with Crippen molar-refractivity contribution in [3.05, 3.63) is 218 Å². The van der Waals surface area contributed by atoms with Gasteiger partial charge >= 0.3 is 0 Å². The average molecular weight is 713 g/mol. The Hall–Kier alpha value is -7.42. The highest BCUT2D eigenvalue weighted by molar-refractivity contribution is 6.24. The van der Waals surface area contributed by atoms with Crippen molar-refractivity contribution < 1.29 is 0 Å². The molecule has 1 heterocycles. The van der Waals surface area contributed by atoms with E-state index in [-0.39, 0.29) is 0 Å². The Labute approximate surface area is 325 Å². The minimum Gasteiger partial charge on any atom is -0.310 e. The lowest BCUT2D eigenvalue weighted by atomic mass is 9.93. The number of hydrogen-bond acceptors (Lipinski definition) is 1. The standard InChI is InChI=1S/C54H36N2/c1-3-19-41(20-4-1)55(43-32-30-37(31-33-43)50-35-39-16-7-9-24-45(39)47-26-11-12-27-48(47)50)44-23-15-18-38(34-44)51-36-40-17-8-10-25-46(40)54-53(51)49-28-13-14-29-52(49)56(54)42-21-5-2-6-22-42/h1-36H. The summed E-state index contributed by atoms with van der Waals surface area (Å²) < 4.78 is 2.44. The molecule has 0 amide bonds. The van der Waals surface area contributed by atoms with Crippen LogP contribution in [0.15, 0.2) is 218 Å². The van der Waals surface area contributed by atoms with Crippen molar-refractivity contribution in [2.45, 2.75) is 0 Å². The van der Waals surface area contributed by atoms with E-state index < -0.39 is 0 Å². The zero-order valence-corrected chi connectivity index (χ0v) is 30.7. The largest absolute Gasteiger partial charge is 0.310 e. The highest BCUT2D eigenvalue weighted by Gasteiger charge is 2.21. The maximum Gasteiger partial charge on any atom is 0.0625 e. The molecule has 0 aliphatic heterocycles. The van der Waals surface area contributed by atoms with Gasteiger partial charge in [0.25, 0.3) is 0 Å². The van der Waals surface area contributed by atoms with E-state index >= 15 is 0 Å². The predicted molar refractivity (Wildman–Crippen MR) is 239 cm³/mol. The summed E-state index contributed by atoms with van der Waals surface area (Å²) >= 11 is 0. The van der Waals surface area contributed by atoms with Crippen LogP contribution in [0, 0.1) is 0 Å². The van der Waals surface area contributed by atoms with Gasteiger partial charge in [0.1, 0.15) is 0 Å². The molecule has 56 heavy (non-hydrogen) atoms. The highest BCUT2D eigenvalue weighted by atomic mass is 15.1. The highest BCUT2D eigenvalue weighted by Crippen LogP contribution is 2.45. The van der Waals surface area contributed by atoms with Gasteiger partial charge in [0.2, 0.25) is 0 Å². The van der Waals surface area contributed by atoms with E-state index in [1.807, 2.05) is 0 Å². The van der Waals surface area contributed by atoms with Gasteiger partial charge in [-0.25, -0.2) is 0 Å². The van der Waals surface area contributed by atoms with Crippen LogP contribution in [0.5, 0.6) is 0 Å². The molecule has 2 nitrogen and oxygen atoms in total. The van der Waals surface area contributed by atoms with E-state index in [0.717, 1.165) is 22.7 Å². The monoisotopic (exact) mass is 712 g/mol. The van der Waals surface area contributed by atoms with Crippen LogP contribution in [-0.4, -0.2) is 4.57 Å². The van der Waals surface area contributed by atoms with Crippen LogP contribution in [-0.2, 0) is 0 Å². The summed E-state index contributed by atoms with van der Waals surface area (Å²) in [6.45, 7) is 0. The molecule has 0 atom stereocenters. The third-order valence-electron chi connectivity index (χ3n) is 11.3. The minimum absolute atomic E-state index is 1.10. The summed E-state index contributed by atoms with van der Waals surface area (Å²) in [5, 5.41) is 10.1. The smallest absolute Gasteiger partial charge is 0.0625 e. The first-order valence-electron chi connectivity index (χ1n) is 19.3. The maximum atomic E-state index is 2.44. The molecule has 11 aromatic rings. The van der Waals surface area contributed by atoms with E-state index in [9.17, 15) is 0 Å². The summed E-state index contributed by atoms with van der Waals surface area (Å²) in [4.78, 5) is 2.37. The molecular weight excluding hydrogens is 677 g/mol. The molecule has 0 spiro atoms. The first-order valence-corrected chi connectivity index (χ1v) is 19.3. The second-order valence-electron chi connectivity index (χ2n) is 14.5. The summed E-state index contributed by atoms with van der Waals surface area (Å²) in [6.07, 6.45) is 0. The Balaban J connectivity index is 1.09. The third-order valence-corrected chi connectivity index (χ3v) is 11.3. The predicted octanol–water partition coefficient (Wildman–Crippen LogP) is 15.0. The van der Waals surface area contributed by atoms with Gasteiger partial charge < -0.3 is 9.47 Å². The number of aromatic nitrogens is 1. The quantitative estimate of drug-likeness (QED) is 0.156. The molecule has 11 rings (SSSR count). The normalized spacial score (nSPS) is 11.6. The number of anilines is 3. The van der Waals surface area contributed by atoms with E-state index in [0.29, 0.717) is 0 Å². The molecule has 0 saturated heterocycles. The topological polar surface area (TPSA) is 8.17 Å². The second kappa shape index (κ2) is 13.2. The average Bonchev–Trinajstić information content (AvgIpc) is 3.63. The number of rotatable bonds is 6. The van der Waals surface area contributed by atoms with Crippen molar-refractivity contribution in [3.8, 4) is 27.9 Å². The van der Waals surface area contributed by atoms with Gasteiger partial charge in [-0.05, 0) is 116 Å². The van der Waals surface area contributed by atoms with Crippen molar-refractivity contribution in [1.82, 2.24) is 4.57 Å². The van der Waals surface area contributed by atoms with E-state index in [1.54, 1.807) is 0 Å². The Morgan fingerprint density at radius 2 is 0.875 bits per heavy atom. The molecule has 1 aromatic heterocycles. The summed E-state index contributed by atoms with van der Waals surface area (Å²) in [7, 11) is 0. The van der Waals surface area contributed by atoms with Crippen LogP contribution >= 0.6 is 0 Å². The molecule has 0 fully saturated rings. The molecule has 10 aromatic carbocycles. The SMILES string of the molecule is c1ccc(N(c2ccc(-c3cc4ccccc4c4ccccc34)cc2)c2cccc(-c3cc4ccccc4c4c3c3ccccc3n4-c3ccccc3)c2)cc1. The Morgan fingerprint density at radius 1 is 0.321 bits per heavy atom. The van der Waals surface area contributed by atoms with Crippen LogP contribution in [0.3, 0.4) is 0 Å². The van der Waals surface area contributed by atoms with Gasteiger partial charge in [0.15, 0.2) is 0 Å². The van der Waals surface area contributed by atoms with Gasteiger partial charge in [0.05, 0.1) is 11.0 Å². The number of benzene rings is 10. The number of fused-ring (bicyclic) bond motifs is 8. The second-order valence-corrected chi connectivity index (χ2v) is 14.5. The molecule has 0 saturated carbocycles. The zero-order chi connectivity index (χ0) is 37.0. The van der Waals surface area contributed by atoms with Crippen LogP contribution in [0.4, 0.5) is 17.1 Å². The van der Waals surface area contributed by atoms with Crippen molar-refractivity contribution in [2.24, 2.45) is 0 Å². The lowest BCUT2D eigenvalue weighted by Gasteiger charge is -2.26. The van der Waals surface area contributed by atoms with Gasteiger partial charge in [0, 0.05) is 38.9 Å². The summed E-state index contributed by atoms with van der Waals surface area (Å²) in [6, 6.07) is 79.4. The Morgan fingerprint density at radius 3 is 1.64 bits per heavy atom. The molecule has 0 unspecified atom stereocenters. The lowest BCUT2D eigenvalue weighted by Crippen LogP contribution is -2.09. The van der Waals surface area contributed by atoms with Crippen LogP contribution in [0.1, 0.15) is 0 Å². The molecular formula is C54H36N2. The van der Waals surface area contributed by atoms with Crippen LogP contribution in [0.2, 0.25) is 0 Å². The fourth-order valence-electron chi connectivity index (χ4n) is 8.83. The number of hydrogen-bond donors (Lipinski definition) is 0. The van der Waals surface area contributed by atoms with E-state index in [2.05, 4.69) is 228 Å². The van der Waals surface area contributed by atoms with E-state index in [1.165, 1.54) is 76.4 Å². The van der Waals surface area contributed by atoms with Crippen molar-refractivity contribution in [2.75, 3.05) is 4.90 Å². The van der Waals surface area contributed by atoms with E-state index in [4.69, 9.17) is 0 Å². The first-order chi connectivity index (χ1) is 27.8. The fourth-order valence-corrected chi connectivity index (χ4v) is 8.83. The molecule has 0 radical (unpaired) electrons. The first kappa shape index (κ1) is 32.0.